The van der Waals surface area contributed by atoms with Crippen molar-refractivity contribution < 1.29 is 33.1 Å². The molecule has 1 spiro atoms. The molecular weight excluding hydrogens is 805 g/mol. The highest BCUT2D eigenvalue weighted by Crippen LogP contribution is 2.60. The van der Waals surface area contributed by atoms with Gasteiger partial charge in [-0.2, -0.15) is 0 Å². The van der Waals surface area contributed by atoms with Gasteiger partial charge in [0.1, 0.15) is 5.75 Å². The predicted molar refractivity (Wildman–Crippen MR) is 223 cm³/mol. The second-order valence-electron chi connectivity index (χ2n) is 15.4. The first kappa shape index (κ1) is 38.7. The molecule has 1 saturated heterocycles. The Bertz CT molecular complexity index is 2340. The van der Waals surface area contributed by atoms with Crippen LogP contribution in [0.5, 0.6) is 11.5 Å². The van der Waals surface area contributed by atoms with Crippen LogP contribution >= 0.6 is 15.9 Å². The summed E-state index contributed by atoms with van der Waals surface area (Å²) < 4.78 is 30.3. The molecule has 0 radical (unpaired) electrons. The zero-order valence-corrected chi connectivity index (χ0v) is 34.5. The van der Waals surface area contributed by atoms with Crippen molar-refractivity contribution in [3.8, 4) is 11.5 Å². The SMILES string of the molecule is C[C@@H]1[C@@H]([Si](C)(C)F)[C@H](CC(=O)N(CCO)Cc2ccccc2)O[C@@]12C(=O)N(Cc1ccc(N3C(=O)c4ccccc4Oc4ccccc43)cc1)c1ccc(Br)cc12. The molecule has 3 heterocycles. The first-order valence-corrected chi connectivity index (χ1v) is 22.9. The van der Waals surface area contributed by atoms with Crippen LogP contribution in [0.3, 0.4) is 0 Å². The second-order valence-corrected chi connectivity index (χ2v) is 20.1. The van der Waals surface area contributed by atoms with Crippen LogP contribution in [-0.4, -0.2) is 55.4 Å². The summed E-state index contributed by atoms with van der Waals surface area (Å²) in [5.74, 6) is -0.374. The van der Waals surface area contributed by atoms with E-state index in [2.05, 4.69) is 15.9 Å². The van der Waals surface area contributed by atoms with E-state index < -0.39 is 31.6 Å². The molecule has 3 aliphatic rings. The molecule has 0 saturated carbocycles. The monoisotopic (exact) mass is 847 g/mol. The van der Waals surface area contributed by atoms with E-state index in [1.807, 2.05) is 110 Å². The number of aliphatic hydroxyl groups is 1. The summed E-state index contributed by atoms with van der Waals surface area (Å²) in [5.41, 5.74) is 2.47. The minimum Gasteiger partial charge on any atom is -0.454 e. The van der Waals surface area contributed by atoms with Gasteiger partial charge < -0.3 is 28.5 Å². The highest BCUT2D eigenvalue weighted by Gasteiger charge is 2.67. The molecule has 9 nitrogen and oxygen atoms in total. The van der Waals surface area contributed by atoms with E-state index in [9.17, 15) is 14.7 Å². The van der Waals surface area contributed by atoms with Gasteiger partial charge >= 0.3 is 0 Å². The molecule has 292 valence electrons. The molecular formula is C45H43BrFN3O6Si. The summed E-state index contributed by atoms with van der Waals surface area (Å²) in [6.07, 6.45) is -0.995. The van der Waals surface area contributed by atoms with Gasteiger partial charge in [-0.1, -0.05) is 89.6 Å². The third-order valence-electron chi connectivity index (χ3n) is 11.4. The molecule has 0 unspecified atom stereocenters. The summed E-state index contributed by atoms with van der Waals surface area (Å²) in [5, 5.41) is 9.86. The van der Waals surface area contributed by atoms with Gasteiger partial charge in [0.15, 0.2) is 11.4 Å². The highest BCUT2D eigenvalue weighted by atomic mass is 79.9. The average molecular weight is 849 g/mol. The fourth-order valence-corrected chi connectivity index (χ4v) is 11.7. The molecule has 4 atom stereocenters. The number of fused-ring (bicyclic) bond motifs is 4. The maximum Gasteiger partial charge on any atom is 0.266 e. The smallest absolute Gasteiger partial charge is 0.266 e. The van der Waals surface area contributed by atoms with Gasteiger partial charge in [0.05, 0.1) is 42.6 Å². The molecule has 12 heteroatoms. The number of carbonyl (C=O) groups is 3. The summed E-state index contributed by atoms with van der Waals surface area (Å²) in [4.78, 5) is 47.9. The number of aliphatic hydroxyl groups excluding tert-OH is 1. The first-order chi connectivity index (χ1) is 27.4. The predicted octanol–water partition coefficient (Wildman–Crippen LogP) is 9.27. The van der Waals surface area contributed by atoms with Crippen LogP contribution < -0.4 is 14.5 Å². The average Bonchev–Trinajstić information content (AvgIpc) is 3.56. The molecule has 0 bridgehead atoms. The summed E-state index contributed by atoms with van der Waals surface area (Å²) >= 11 is 3.60. The zero-order valence-electron chi connectivity index (χ0n) is 31.9. The van der Waals surface area contributed by atoms with E-state index in [4.69, 9.17) is 9.47 Å². The zero-order chi connectivity index (χ0) is 40.1. The van der Waals surface area contributed by atoms with E-state index in [1.165, 1.54) is 0 Å². The molecule has 0 aromatic heterocycles. The number of ether oxygens (including phenoxy) is 2. The fourth-order valence-electron chi connectivity index (χ4n) is 8.89. The van der Waals surface area contributed by atoms with Crippen LogP contribution in [-0.2, 0) is 33.0 Å². The molecule has 0 aliphatic carbocycles. The molecule has 57 heavy (non-hydrogen) atoms. The van der Waals surface area contributed by atoms with Gasteiger partial charge in [-0.3, -0.25) is 19.3 Å². The number of benzene rings is 5. The molecule has 1 fully saturated rings. The Balaban J connectivity index is 1.10. The minimum absolute atomic E-state index is 0.114. The van der Waals surface area contributed by atoms with Crippen molar-refractivity contribution in [3.05, 3.63) is 148 Å². The lowest BCUT2D eigenvalue weighted by molar-refractivity contribution is -0.150. The summed E-state index contributed by atoms with van der Waals surface area (Å²) in [6.45, 7) is 5.46. The van der Waals surface area contributed by atoms with Crippen LogP contribution in [0.2, 0.25) is 18.6 Å². The van der Waals surface area contributed by atoms with Gasteiger partial charge in [0, 0.05) is 40.3 Å². The third-order valence-corrected chi connectivity index (χ3v) is 14.4. The summed E-state index contributed by atoms with van der Waals surface area (Å²) in [7, 11) is -3.55. The van der Waals surface area contributed by atoms with Gasteiger partial charge in [0.25, 0.3) is 11.8 Å². The van der Waals surface area contributed by atoms with E-state index in [0.29, 0.717) is 39.7 Å². The van der Waals surface area contributed by atoms with Crippen LogP contribution in [0.1, 0.15) is 40.4 Å². The second kappa shape index (κ2) is 15.3. The Morgan fingerprint density at radius 2 is 1.56 bits per heavy atom. The molecule has 3 amide bonds. The van der Waals surface area contributed by atoms with E-state index in [-0.39, 0.29) is 50.4 Å². The van der Waals surface area contributed by atoms with Gasteiger partial charge in [-0.25, -0.2) is 0 Å². The van der Waals surface area contributed by atoms with Gasteiger partial charge in [-0.05, 0) is 78.8 Å². The summed E-state index contributed by atoms with van der Waals surface area (Å²) in [6, 6.07) is 37.2. The molecule has 3 aliphatic heterocycles. The first-order valence-electron chi connectivity index (χ1n) is 19.1. The Morgan fingerprint density at radius 1 is 0.877 bits per heavy atom. The standard InChI is InChI=1S/C45H43BrFN3O6Si/c1-29-42(57(2,3)47)40(26-41(52)48(23-24-51)27-30-11-5-4-6-12-30)56-45(29)35-25-32(46)19-22-36(35)49(44(45)54)28-31-17-20-33(21-18-31)50-37-14-8-10-16-39(37)55-38-15-9-7-13-34(38)43(50)53/h4-22,25,29,40,42,51H,23-24,26-28H2,1-3H3/t29-,40+,42-,45+/m1/s1. The van der Waals surface area contributed by atoms with E-state index in [1.54, 1.807) is 46.0 Å². The number of rotatable bonds is 10. The van der Waals surface area contributed by atoms with Crippen molar-refractivity contribution in [1.29, 1.82) is 0 Å². The lowest BCUT2D eigenvalue weighted by Crippen LogP contribution is -2.45. The van der Waals surface area contributed by atoms with Gasteiger partial charge in [-0.15, -0.1) is 0 Å². The Hall–Kier alpha value is -5.14. The highest BCUT2D eigenvalue weighted by molar-refractivity contribution is 9.10. The lowest BCUT2D eigenvalue weighted by Gasteiger charge is -2.31. The van der Waals surface area contributed by atoms with Crippen molar-refractivity contribution in [1.82, 2.24) is 4.90 Å². The van der Waals surface area contributed by atoms with Crippen molar-refractivity contribution in [3.63, 3.8) is 0 Å². The number of hydrogen-bond acceptors (Lipinski definition) is 6. The van der Waals surface area contributed by atoms with Crippen LogP contribution in [0.4, 0.5) is 21.2 Å². The largest absolute Gasteiger partial charge is 0.454 e. The van der Waals surface area contributed by atoms with Crippen LogP contribution in [0.25, 0.3) is 0 Å². The number of para-hydroxylation sites is 3. The number of anilines is 3. The number of halogens is 2. The number of carbonyl (C=O) groups excluding carboxylic acids is 3. The normalized spacial score (nSPS) is 21.2. The molecule has 5 aromatic rings. The van der Waals surface area contributed by atoms with Gasteiger partial charge in [0.2, 0.25) is 14.3 Å². The van der Waals surface area contributed by atoms with E-state index in [0.717, 1.165) is 15.6 Å². The van der Waals surface area contributed by atoms with Crippen LogP contribution in [0, 0.1) is 5.92 Å². The van der Waals surface area contributed by atoms with Crippen LogP contribution in [0.15, 0.2) is 126 Å². The number of nitrogens with zero attached hydrogens (tertiary/aromatic N) is 3. The topological polar surface area (TPSA) is 99.6 Å². The number of amides is 3. The maximum absolute atomic E-state index is 16.5. The third kappa shape index (κ3) is 6.98. The quantitative estimate of drug-likeness (QED) is 0.111. The fraction of sp³-hybridized carbons (Fsp3) is 0.267. The Labute approximate surface area is 340 Å². The lowest BCUT2D eigenvalue weighted by atomic mass is 9.82. The molecule has 5 aromatic carbocycles. The van der Waals surface area contributed by atoms with Crippen molar-refractivity contribution >= 4 is 59.1 Å². The maximum atomic E-state index is 16.5. The number of hydrogen-bond donors (Lipinski definition) is 1. The Morgan fingerprint density at radius 3 is 2.28 bits per heavy atom. The molecule has 8 rings (SSSR count). The minimum atomic E-state index is -3.55. The molecule has 1 N–H and O–H groups in total. The van der Waals surface area contributed by atoms with E-state index >= 15 is 8.90 Å². The van der Waals surface area contributed by atoms with Crippen molar-refractivity contribution in [2.45, 2.75) is 56.8 Å². The van der Waals surface area contributed by atoms with Crippen molar-refractivity contribution in [2.24, 2.45) is 5.92 Å². The van der Waals surface area contributed by atoms with Crippen molar-refractivity contribution in [2.75, 3.05) is 23.0 Å². The Kier molecular flexibility index (Phi) is 10.4.